The Morgan fingerprint density at radius 3 is 2.52 bits per heavy atom. The van der Waals surface area contributed by atoms with E-state index in [0.29, 0.717) is 23.7 Å². The van der Waals surface area contributed by atoms with Crippen LogP contribution in [0.25, 0.3) is 0 Å². The largest absolute Gasteiger partial charge is 0.444 e. The van der Waals surface area contributed by atoms with Gasteiger partial charge in [0.1, 0.15) is 5.60 Å². The molecule has 2 saturated heterocycles. The maximum absolute atomic E-state index is 13.0. The van der Waals surface area contributed by atoms with Gasteiger partial charge in [-0.2, -0.15) is 0 Å². The minimum absolute atomic E-state index is 0.128. The molecule has 2 amide bonds. The van der Waals surface area contributed by atoms with Crippen molar-refractivity contribution in [1.82, 2.24) is 15.1 Å². The van der Waals surface area contributed by atoms with Crippen LogP contribution >= 0.6 is 0 Å². The molecule has 0 unspecified atom stereocenters. The molecule has 2 aliphatic heterocycles. The van der Waals surface area contributed by atoms with E-state index in [-0.39, 0.29) is 18.1 Å². The van der Waals surface area contributed by atoms with Gasteiger partial charge in [-0.3, -0.25) is 4.79 Å². The Morgan fingerprint density at radius 2 is 1.85 bits per heavy atom. The SMILES string of the molecule is CC(C)CN1CC[C@H](C(=O)N2C[C@@H]3CC[C@@H](NC(=O)OC(C)(C)C)[C@H]3C2)C1. The van der Waals surface area contributed by atoms with Gasteiger partial charge in [0.05, 0.1) is 5.92 Å². The molecule has 0 aromatic rings. The summed E-state index contributed by atoms with van der Waals surface area (Å²) in [5.74, 6) is 2.01. The zero-order valence-corrected chi connectivity index (χ0v) is 17.7. The van der Waals surface area contributed by atoms with E-state index in [0.717, 1.165) is 52.0 Å². The van der Waals surface area contributed by atoms with Crippen molar-refractivity contribution in [3.05, 3.63) is 0 Å². The van der Waals surface area contributed by atoms with Crippen molar-refractivity contribution < 1.29 is 14.3 Å². The van der Waals surface area contributed by atoms with Crippen LogP contribution < -0.4 is 5.32 Å². The van der Waals surface area contributed by atoms with E-state index in [9.17, 15) is 9.59 Å². The summed E-state index contributed by atoms with van der Waals surface area (Å²) in [7, 11) is 0. The predicted molar refractivity (Wildman–Crippen MR) is 105 cm³/mol. The molecule has 1 saturated carbocycles. The quantitative estimate of drug-likeness (QED) is 0.816. The van der Waals surface area contributed by atoms with Gasteiger partial charge in [-0.15, -0.1) is 0 Å². The number of amides is 2. The molecule has 3 aliphatic rings. The molecule has 1 N–H and O–H groups in total. The highest BCUT2D eigenvalue weighted by atomic mass is 16.6. The molecule has 1 aliphatic carbocycles. The van der Waals surface area contributed by atoms with E-state index in [1.165, 1.54) is 0 Å². The summed E-state index contributed by atoms with van der Waals surface area (Å²) in [6, 6.07) is 0.128. The van der Waals surface area contributed by atoms with Crippen molar-refractivity contribution in [1.29, 1.82) is 0 Å². The third-order valence-corrected chi connectivity index (χ3v) is 6.12. The molecule has 27 heavy (non-hydrogen) atoms. The molecule has 0 bridgehead atoms. The van der Waals surface area contributed by atoms with Crippen molar-refractivity contribution in [2.75, 3.05) is 32.7 Å². The summed E-state index contributed by atoms with van der Waals surface area (Å²) in [4.78, 5) is 29.6. The molecule has 2 heterocycles. The molecule has 0 aromatic carbocycles. The minimum Gasteiger partial charge on any atom is -0.444 e. The van der Waals surface area contributed by atoms with Crippen LogP contribution in [0.5, 0.6) is 0 Å². The van der Waals surface area contributed by atoms with Gasteiger partial charge < -0.3 is 19.9 Å². The van der Waals surface area contributed by atoms with Crippen molar-refractivity contribution in [3.8, 4) is 0 Å². The highest BCUT2D eigenvalue weighted by Crippen LogP contribution is 2.39. The zero-order chi connectivity index (χ0) is 19.8. The first-order chi connectivity index (χ1) is 12.6. The van der Waals surface area contributed by atoms with Crippen LogP contribution in [0, 0.1) is 23.7 Å². The van der Waals surface area contributed by atoms with Gasteiger partial charge in [0.15, 0.2) is 0 Å². The van der Waals surface area contributed by atoms with Crippen molar-refractivity contribution in [2.45, 2.75) is 65.5 Å². The smallest absolute Gasteiger partial charge is 0.407 e. The number of nitrogens with zero attached hydrogens (tertiary/aromatic N) is 2. The van der Waals surface area contributed by atoms with E-state index in [4.69, 9.17) is 4.74 Å². The predicted octanol–water partition coefficient (Wildman–Crippen LogP) is 2.73. The van der Waals surface area contributed by atoms with Gasteiger partial charge in [-0.05, 0) is 58.4 Å². The zero-order valence-electron chi connectivity index (χ0n) is 17.7. The number of nitrogens with one attached hydrogen (secondary N) is 1. The number of likely N-dealkylation sites (tertiary alicyclic amines) is 2. The standard InChI is InChI=1S/C21H37N3O3/c1-14(2)10-23-9-8-16(11-23)19(25)24-12-15-6-7-18(17(15)13-24)22-20(26)27-21(3,4)5/h14-18H,6-13H2,1-5H3,(H,22,26)/t15-,16-,17-,18+/m0/s1. The van der Waals surface area contributed by atoms with Crippen molar-refractivity contribution >= 4 is 12.0 Å². The summed E-state index contributed by atoms with van der Waals surface area (Å²) in [6.45, 7) is 14.8. The van der Waals surface area contributed by atoms with Crippen LogP contribution in [0.2, 0.25) is 0 Å². The van der Waals surface area contributed by atoms with Gasteiger partial charge >= 0.3 is 6.09 Å². The Hall–Kier alpha value is -1.30. The third kappa shape index (κ3) is 5.15. The molecule has 0 aromatic heterocycles. The van der Waals surface area contributed by atoms with Gasteiger partial charge in [-0.1, -0.05) is 13.8 Å². The average Bonchev–Trinajstić information content (AvgIpc) is 3.21. The molecule has 6 heteroatoms. The fourth-order valence-corrected chi connectivity index (χ4v) is 5.06. The first-order valence-corrected chi connectivity index (χ1v) is 10.6. The Labute approximate surface area is 164 Å². The molecule has 0 spiro atoms. The summed E-state index contributed by atoms with van der Waals surface area (Å²) in [5, 5.41) is 3.06. The number of hydrogen-bond acceptors (Lipinski definition) is 4. The lowest BCUT2D eigenvalue weighted by molar-refractivity contribution is -0.134. The second-order valence-electron chi connectivity index (χ2n) is 10.1. The number of alkyl carbamates (subject to hydrolysis) is 1. The van der Waals surface area contributed by atoms with Crippen molar-refractivity contribution in [2.24, 2.45) is 23.7 Å². The summed E-state index contributed by atoms with van der Waals surface area (Å²) < 4.78 is 5.41. The van der Waals surface area contributed by atoms with E-state index >= 15 is 0 Å². The van der Waals surface area contributed by atoms with Crippen molar-refractivity contribution in [3.63, 3.8) is 0 Å². The second-order valence-corrected chi connectivity index (χ2v) is 10.1. The highest BCUT2D eigenvalue weighted by Gasteiger charge is 2.46. The molecular formula is C21H37N3O3. The summed E-state index contributed by atoms with van der Waals surface area (Å²) in [6.07, 6.45) is 2.72. The summed E-state index contributed by atoms with van der Waals surface area (Å²) >= 11 is 0. The fourth-order valence-electron chi connectivity index (χ4n) is 5.06. The molecular weight excluding hydrogens is 342 g/mol. The fraction of sp³-hybridized carbons (Fsp3) is 0.905. The lowest BCUT2D eigenvalue weighted by atomic mass is 9.98. The second kappa shape index (κ2) is 7.98. The third-order valence-electron chi connectivity index (χ3n) is 6.12. The average molecular weight is 380 g/mol. The van der Waals surface area contributed by atoms with E-state index < -0.39 is 5.60 Å². The van der Waals surface area contributed by atoms with Crippen LogP contribution in [-0.4, -0.2) is 66.2 Å². The Morgan fingerprint density at radius 1 is 1.11 bits per heavy atom. The maximum Gasteiger partial charge on any atom is 0.407 e. The first-order valence-electron chi connectivity index (χ1n) is 10.6. The molecule has 3 fully saturated rings. The maximum atomic E-state index is 13.0. The first kappa shape index (κ1) is 20.4. The normalized spacial score (nSPS) is 31.4. The molecule has 6 nitrogen and oxygen atoms in total. The lowest BCUT2D eigenvalue weighted by Crippen LogP contribution is -2.43. The highest BCUT2D eigenvalue weighted by molar-refractivity contribution is 5.80. The number of fused-ring (bicyclic) bond motifs is 1. The van der Waals surface area contributed by atoms with Gasteiger partial charge in [0, 0.05) is 38.1 Å². The summed E-state index contributed by atoms with van der Waals surface area (Å²) in [5.41, 5.74) is -0.482. The molecule has 154 valence electrons. The topological polar surface area (TPSA) is 61.9 Å². The van der Waals surface area contributed by atoms with E-state index in [1.807, 2.05) is 20.8 Å². The number of rotatable bonds is 4. The van der Waals surface area contributed by atoms with E-state index in [1.54, 1.807) is 0 Å². The monoisotopic (exact) mass is 379 g/mol. The Balaban J connectivity index is 1.51. The number of carbonyl (C=O) groups excluding carboxylic acids is 2. The van der Waals surface area contributed by atoms with Gasteiger partial charge in [0.25, 0.3) is 0 Å². The molecule has 0 radical (unpaired) electrons. The van der Waals surface area contributed by atoms with Gasteiger partial charge in [0.2, 0.25) is 5.91 Å². The Kier molecular flexibility index (Phi) is 6.04. The lowest BCUT2D eigenvalue weighted by Gasteiger charge is -2.26. The number of ether oxygens (including phenoxy) is 1. The molecule has 3 rings (SSSR count). The number of hydrogen-bond donors (Lipinski definition) is 1. The van der Waals surface area contributed by atoms with Crippen LogP contribution in [0.1, 0.15) is 53.9 Å². The van der Waals surface area contributed by atoms with Crippen LogP contribution in [-0.2, 0) is 9.53 Å². The molecule has 4 atom stereocenters. The van der Waals surface area contributed by atoms with Crippen LogP contribution in [0.4, 0.5) is 4.79 Å². The van der Waals surface area contributed by atoms with Crippen LogP contribution in [0.3, 0.4) is 0 Å². The minimum atomic E-state index is -0.482. The van der Waals surface area contributed by atoms with E-state index in [2.05, 4.69) is 29.0 Å². The van der Waals surface area contributed by atoms with Crippen LogP contribution in [0.15, 0.2) is 0 Å². The van der Waals surface area contributed by atoms with Gasteiger partial charge in [-0.25, -0.2) is 4.79 Å². The number of carbonyl (C=O) groups is 2. The Bertz CT molecular complexity index is 557.